The largest absolute Gasteiger partial charge is 0.488 e. The molecule has 0 radical (unpaired) electrons. The van der Waals surface area contributed by atoms with Gasteiger partial charge in [-0.1, -0.05) is 0 Å². The number of ether oxygens (including phenoxy) is 1. The van der Waals surface area contributed by atoms with E-state index in [-0.39, 0.29) is 30.1 Å². The second kappa shape index (κ2) is 5.56. The Labute approximate surface area is 94.3 Å². The van der Waals surface area contributed by atoms with Crippen LogP contribution in [-0.4, -0.2) is 11.9 Å². The number of nitrogen functional groups attached to an aromatic ring is 1. The third-order valence-corrected chi connectivity index (χ3v) is 1.61. The van der Waals surface area contributed by atoms with E-state index in [2.05, 4.69) is 0 Å². The van der Waals surface area contributed by atoms with E-state index in [1.807, 2.05) is 13.8 Å². The van der Waals surface area contributed by atoms with Crippen molar-refractivity contribution in [1.29, 1.82) is 5.41 Å². The number of hydrogen-bond acceptors (Lipinski definition) is 2. The molecule has 0 unspecified atom stereocenters. The normalized spacial score (nSPS) is 9.60. The summed E-state index contributed by atoms with van der Waals surface area (Å²) in [5.74, 6) is -0.462. The molecule has 1 aromatic rings. The van der Waals surface area contributed by atoms with E-state index in [1.54, 1.807) is 6.07 Å². The van der Waals surface area contributed by atoms with Gasteiger partial charge in [-0.3, -0.25) is 5.41 Å². The number of rotatable bonds is 3. The van der Waals surface area contributed by atoms with Crippen molar-refractivity contribution in [3.05, 3.63) is 29.6 Å². The lowest BCUT2D eigenvalue weighted by atomic mass is 10.2. The molecule has 1 rings (SSSR count). The average Bonchev–Trinajstić information content (AvgIpc) is 2.07. The number of hydrogen-bond donors (Lipinski definition) is 2. The maximum atomic E-state index is 13.3. The van der Waals surface area contributed by atoms with Crippen molar-refractivity contribution < 1.29 is 9.13 Å². The van der Waals surface area contributed by atoms with E-state index in [0.717, 1.165) is 0 Å². The van der Waals surface area contributed by atoms with Crippen LogP contribution in [-0.2, 0) is 0 Å². The van der Waals surface area contributed by atoms with Gasteiger partial charge < -0.3 is 10.5 Å². The van der Waals surface area contributed by atoms with Crippen LogP contribution in [0.5, 0.6) is 5.75 Å². The molecule has 5 heteroatoms. The van der Waals surface area contributed by atoms with Gasteiger partial charge in [0.25, 0.3) is 0 Å². The predicted molar refractivity (Wildman–Crippen MR) is 60.4 cm³/mol. The molecular formula is C10H14ClFN2O. The van der Waals surface area contributed by atoms with E-state index in [0.29, 0.717) is 5.56 Å². The van der Waals surface area contributed by atoms with Gasteiger partial charge in [-0.15, -0.1) is 12.4 Å². The Bertz CT molecular complexity index is 355. The molecule has 0 bridgehead atoms. The molecule has 1 aromatic carbocycles. The van der Waals surface area contributed by atoms with Gasteiger partial charge >= 0.3 is 0 Å². The van der Waals surface area contributed by atoms with Crippen molar-refractivity contribution in [2.24, 2.45) is 5.73 Å². The van der Waals surface area contributed by atoms with Gasteiger partial charge in [0.15, 0.2) is 11.6 Å². The van der Waals surface area contributed by atoms with Crippen LogP contribution in [0.1, 0.15) is 19.4 Å². The Kier molecular flexibility index (Phi) is 5.08. The minimum Gasteiger partial charge on any atom is -0.488 e. The quantitative estimate of drug-likeness (QED) is 0.621. The average molecular weight is 233 g/mol. The first-order valence-corrected chi connectivity index (χ1v) is 4.31. The molecule has 0 spiro atoms. The van der Waals surface area contributed by atoms with Crippen molar-refractivity contribution in [1.82, 2.24) is 0 Å². The third-order valence-electron chi connectivity index (χ3n) is 1.61. The second-order valence-corrected chi connectivity index (χ2v) is 3.23. The molecule has 0 fully saturated rings. The highest BCUT2D eigenvalue weighted by Crippen LogP contribution is 2.19. The van der Waals surface area contributed by atoms with Gasteiger partial charge in [-0.05, 0) is 32.0 Å². The molecule has 0 aromatic heterocycles. The van der Waals surface area contributed by atoms with Crippen molar-refractivity contribution >= 4 is 18.2 Å². The number of benzene rings is 1. The molecule has 0 atom stereocenters. The van der Waals surface area contributed by atoms with Crippen LogP contribution in [0.4, 0.5) is 4.39 Å². The van der Waals surface area contributed by atoms with Gasteiger partial charge in [0.1, 0.15) is 5.84 Å². The summed E-state index contributed by atoms with van der Waals surface area (Å²) in [6, 6.07) is 4.23. The lowest BCUT2D eigenvalue weighted by Gasteiger charge is -2.10. The zero-order chi connectivity index (χ0) is 10.7. The molecule has 15 heavy (non-hydrogen) atoms. The van der Waals surface area contributed by atoms with Crippen molar-refractivity contribution in [3.63, 3.8) is 0 Å². The van der Waals surface area contributed by atoms with Crippen LogP contribution in [0, 0.1) is 11.2 Å². The fraction of sp³-hybridized carbons (Fsp3) is 0.300. The summed E-state index contributed by atoms with van der Waals surface area (Å²) in [7, 11) is 0. The summed E-state index contributed by atoms with van der Waals surface area (Å²) in [5.41, 5.74) is 5.57. The molecule has 0 aliphatic heterocycles. The summed E-state index contributed by atoms with van der Waals surface area (Å²) < 4.78 is 18.5. The predicted octanol–water partition coefficient (Wildman–Crippen LogP) is 2.32. The molecule has 3 N–H and O–H groups in total. The second-order valence-electron chi connectivity index (χ2n) is 3.23. The van der Waals surface area contributed by atoms with Gasteiger partial charge in [-0.2, -0.15) is 0 Å². The molecule has 0 saturated carbocycles. The first-order valence-electron chi connectivity index (χ1n) is 4.31. The Balaban J connectivity index is 0.00000196. The maximum Gasteiger partial charge on any atom is 0.165 e. The first-order chi connectivity index (χ1) is 6.50. The van der Waals surface area contributed by atoms with Gasteiger partial charge in [-0.25, -0.2) is 4.39 Å². The molecule has 3 nitrogen and oxygen atoms in total. The standard InChI is InChI=1S/C10H13FN2O.ClH/c1-6(2)14-9-4-3-7(10(12)13)5-8(9)11;/h3-6H,1-2H3,(H3,12,13);1H. The summed E-state index contributed by atoms with van der Waals surface area (Å²) >= 11 is 0. The molecule has 0 aliphatic rings. The Morgan fingerprint density at radius 3 is 2.47 bits per heavy atom. The minimum atomic E-state index is -0.494. The van der Waals surface area contributed by atoms with Crippen LogP contribution in [0.15, 0.2) is 18.2 Å². The van der Waals surface area contributed by atoms with Crippen molar-refractivity contribution in [3.8, 4) is 5.75 Å². The van der Waals surface area contributed by atoms with Crippen LogP contribution < -0.4 is 10.5 Å². The van der Waals surface area contributed by atoms with Gasteiger partial charge in [0, 0.05) is 5.56 Å². The summed E-state index contributed by atoms with van der Waals surface area (Å²) in [6.07, 6.45) is -0.0762. The number of amidine groups is 1. The summed E-state index contributed by atoms with van der Waals surface area (Å²) in [6.45, 7) is 3.64. The van der Waals surface area contributed by atoms with E-state index < -0.39 is 5.82 Å². The molecule has 0 saturated heterocycles. The zero-order valence-corrected chi connectivity index (χ0v) is 9.40. The summed E-state index contributed by atoms with van der Waals surface area (Å²) in [5, 5.41) is 7.11. The molecule has 0 amide bonds. The molecule has 0 aliphatic carbocycles. The van der Waals surface area contributed by atoms with Crippen LogP contribution in [0.25, 0.3) is 0 Å². The van der Waals surface area contributed by atoms with E-state index in [9.17, 15) is 4.39 Å². The fourth-order valence-electron chi connectivity index (χ4n) is 1.02. The Morgan fingerprint density at radius 2 is 2.07 bits per heavy atom. The number of halogens is 2. The van der Waals surface area contributed by atoms with Crippen molar-refractivity contribution in [2.75, 3.05) is 0 Å². The smallest absolute Gasteiger partial charge is 0.165 e. The Hall–Kier alpha value is -1.29. The first kappa shape index (κ1) is 13.7. The van der Waals surface area contributed by atoms with E-state index in [1.165, 1.54) is 12.1 Å². The van der Waals surface area contributed by atoms with E-state index >= 15 is 0 Å². The third kappa shape index (κ3) is 3.75. The monoisotopic (exact) mass is 232 g/mol. The minimum absolute atomic E-state index is 0. The van der Waals surface area contributed by atoms with Crippen LogP contribution in [0.3, 0.4) is 0 Å². The maximum absolute atomic E-state index is 13.3. The molecular weight excluding hydrogens is 219 g/mol. The molecule has 0 heterocycles. The number of nitrogens with one attached hydrogen (secondary N) is 1. The topological polar surface area (TPSA) is 59.1 Å². The van der Waals surface area contributed by atoms with Crippen molar-refractivity contribution in [2.45, 2.75) is 20.0 Å². The van der Waals surface area contributed by atoms with Gasteiger partial charge in [0.2, 0.25) is 0 Å². The summed E-state index contributed by atoms with van der Waals surface area (Å²) in [4.78, 5) is 0. The van der Waals surface area contributed by atoms with Crippen LogP contribution >= 0.6 is 12.4 Å². The zero-order valence-electron chi connectivity index (χ0n) is 8.58. The SMILES string of the molecule is CC(C)Oc1ccc(C(=N)N)cc1F.Cl. The highest BCUT2D eigenvalue weighted by molar-refractivity contribution is 5.95. The van der Waals surface area contributed by atoms with E-state index in [4.69, 9.17) is 15.9 Å². The highest BCUT2D eigenvalue weighted by atomic mass is 35.5. The van der Waals surface area contributed by atoms with Gasteiger partial charge in [0.05, 0.1) is 6.10 Å². The van der Waals surface area contributed by atoms with Crippen LogP contribution in [0.2, 0.25) is 0 Å². The lowest BCUT2D eigenvalue weighted by molar-refractivity contribution is 0.231. The number of nitrogens with two attached hydrogens (primary N) is 1. The molecule has 84 valence electrons. The highest BCUT2D eigenvalue weighted by Gasteiger charge is 2.07. The Morgan fingerprint density at radius 1 is 1.47 bits per heavy atom. The fourth-order valence-corrected chi connectivity index (χ4v) is 1.02. The lowest BCUT2D eigenvalue weighted by Crippen LogP contribution is -2.12.